The SMILES string of the molecule is CC1CC(C)(C)CC2(CN=C(N)N2c2ccc(Br)cc2)C1. The van der Waals surface area contributed by atoms with Gasteiger partial charge in [0.15, 0.2) is 5.96 Å². The Hall–Kier alpha value is -1.03. The number of halogens is 1. The largest absolute Gasteiger partial charge is 0.369 e. The summed E-state index contributed by atoms with van der Waals surface area (Å²) in [6, 6.07) is 8.41. The van der Waals surface area contributed by atoms with Crippen LogP contribution in [0.2, 0.25) is 0 Å². The van der Waals surface area contributed by atoms with Gasteiger partial charge in [0.25, 0.3) is 0 Å². The number of benzene rings is 1. The number of hydrogen-bond acceptors (Lipinski definition) is 3. The van der Waals surface area contributed by atoms with E-state index < -0.39 is 0 Å². The van der Waals surface area contributed by atoms with Crippen LogP contribution < -0.4 is 10.6 Å². The minimum Gasteiger partial charge on any atom is -0.369 e. The molecule has 0 bridgehead atoms. The molecule has 4 heteroatoms. The second-order valence-corrected chi connectivity index (χ2v) is 8.48. The molecule has 2 N–H and O–H groups in total. The summed E-state index contributed by atoms with van der Waals surface area (Å²) in [6.45, 7) is 7.93. The predicted octanol–water partition coefficient (Wildman–Crippen LogP) is 4.17. The Balaban J connectivity index is 2.00. The second kappa shape index (κ2) is 5.01. The molecule has 3 rings (SSSR count). The molecule has 1 spiro atoms. The summed E-state index contributed by atoms with van der Waals surface area (Å²) in [7, 11) is 0. The van der Waals surface area contributed by atoms with E-state index in [1.807, 2.05) is 0 Å². The molecule has 2 aliphatic rings. The molecule has 1 heterocycles. The molecule has 1 aromatic rings. The number of hydrogen-bond donors (Lipinski definition) is 1. The first-order chi connectivity index (χ1) is 9.81. The van der Waals surface area contributed by atoms with Gasteiger partial charge in [-0.1, -0.05) is 36.7 Å². The molecule has 1 aliphatic carbocycles. The summed E-state index contributed by atoms with van der Waals surface area (Å²) in [5, 5.41) is 0. The van der Waals surface area contributed by atoms with Crippen LogP contribution in [0.5, 0.6) is 0 Å². The molecule has 2 unspecified atom stereocenters. The number of nitrogens with zero attached hydrogens (tertiary/aromatic N) is 2. The van der Waals surface area contributed by atoms with Gasteiger partial charge in [-0.3, -0.25) is 4.99 Å². The Morgan fingerprint density at radius 1 is 1.24 bits per heavy atom. The normalized spacial score (nSPS) is 31.5. The molecule has 1 fully saturated rings. The highest BCUT2D eigenvalue weighted by atomic mass is 79.9. The number of rotatable bonds is 1. The van der Waals surface area contributed by atoms with Crippen LogP contribution in [0.3, 0.4) is 0 Å². The lowest BCUT2D eigenvalue weighted by Gasteiger charge is -2.50. The smallest absolute Gasteiger partial charge is 0.196 e. The van der Waals surface area contributed by atoms with Crippen LogP contribution in [-0.4, -0.2) is 18.0 Å². The van der Waals surface area contributed by atoms with Crippen molar-refractivity contribution >= 4 is 27.6 Å². The van der Waals surface area contributed by atoms with Crippen molar-refractivity contribution in [1.82, 2.24) is 0 Å². The third kappa shape index (κ3) is 2.70. The highest BCUT2D eigenvalue weighted by Crippen LogP contribution is 2.49. The molecule has 1 aromatic carbocycles. The number of guanidine groups is 1. The standard InChI is InChI=1S/C17H24BrN3/c1-12-8-16(2,3)10-17(9-12)11-20-15(19)21(17)14-6-4-13(18)5-7-14/h4-7,12H,8-11H2,1-3H3,(H2,19,20). The van der Waals surface area contributed by atoms with Crippen molar-refractivity contribution in [3.05, 3.63) is 28.7 Å². The van der Waals surface area contributed by atoms with Gasteiger partial charge in [0.05, 0.1) is 12.1 Å². The molecule has 0 aromatic heterocycles. The maximum Gasteiger partial charge on any atom is 0.196 e. The fourth-order valence-corrected chi connectivity index (χ4v) is 4.86. The van der Waals surface area contributed by atoms with Crippen LogP contribution in [0.4, 0.5) is 5.69 Å². The zero-order chi connectivity index (χ0) is 15.3. The Labute approximate surface area is 135 Å². The molecular formula is C17H24BrN3. The Kier molecular flexibility index (Phi) is 3.55. The quantitative estimate of drug-likeness (QED) is 0.826. The molecule has 3 nitrogen and oxygen atoms in total. The maximum atomic E-state index is 6.25. The van der Waals surface area contributed by atoms with Crippen molar-refractivity contribution in [2.24, 2.45) is 22.1 Å². The summed E-state index contributed by atoms with van der Waals surface area (Å²) in [4.78, 5) is 6.89. The molecule has 0 amide bonds. The molecule has 0 radical (unpaired) electrons. The molecule has 0 saturated heterocycles. The lowest BCUT2D eigenvalue weighted by Crippen LogP contribution is -2.57. The summed E-state index contributed by atoms with van der Waals surface area (Å²) in [5.41, 5.74) is 7.80. The van der Waals surface area contributed by atoms with Gasteiger partial charge in [-0.2, -0.15) is 0 Å². The zero-order valence-electron chi connectivity index (χ0n) is 13.1. The molecule has 1 saturated carbocycles. The number of aliphatic imine (C=N–C) groups is 1. The molecule has 114 valence electrons. The minimum absolute atomic E-state index is 0.0546. The van der Waals surface area contributed by atoms with Gasteiger partial charge >= 0.3 is 0 Å². The maximum absolute atomic E-state index is 6.25. The zero-order valence-corrected chi connectivity index (χ0v) is 14.7. The van der Waals surface area contributed by atoms with Gasteiger partial charge in [-0.25, -0.2) is 0 Å². The third-order valence-electron chi connectivity index (χ3n) is 4.76. The summed E-state index contributed by atoms with van der Waals surface area (Å²) < 4.78 is 1.09. The van der Waals surface area contributed by atoms with Gasteiger partial charge in [-0.15, -0.1) is 0 Å². The number of anilines is 1. The van der Waals surface area contributed by atoms with Crippen LogP contribution in [0.15, 0.2) is 33.7 Å². The van der Waals surface area contributed by atoms with Crippen molar-refractivity contribution in [2.45, 2.75) is 45.6 Å². The van der Waals surface area contributed by atoms with Crippen LogP contribution in [0.25, 0.3) is 0 Å². The van der Waals surface area contributed by atoms with E-state index in [2.05, 4.69) is 70.9 Å². The molecule has 2 atom stereocenters. The Morgan fingerprint density at radius 3 is 2.52 bits per heavy atom. The van der Waals surface area contributed by atoms with Crippen LogP contribution in [0.1, 0.15) is 40.0 Å². The van der Waals surface area contributed by atoms with Crippen LogP contribution >= 0.6 is 15.9 Å². The fraction of sp³-hybridized carbons (Fsp3) is 0.588. The van der Waals surface area contributed by atoms with Gasteiger partial charge in [0.2, 0.25) is 0 Å². The summed E-state index contributed by atoms with van der Waals surface area (Å²) >= 11 is 3.50. The van der Waals surface area contributed by atoms with Gasteiger partial charge < -0.3 is 10.6 Å². The topological polar surface area (TPSA) is 41.6 Å². The van der Waals surface area contributed by atoms with Gasteiger partial charge in [0.1, 0.15) is 0 Å². The monoisotopic (exact) mass is 349 g/mol. The highest BCUT2D eigenvalue weighted by Gasteiger charge is 2.50. The Bertz CT molecular complexity index is 564. The first-order valence-corrected chi connectivity index (χ1v) is 8.46. The first kappa shape index (κ1) is 14.9. The van der Waals surface area contributed by atoms with Crippen molar-refractivity contribution in [3.8, 4) is 0 Å². The van der Waals surface area contributed by atoms with E-state index in [-0.39, 0.29) is 5.54 Å². The van der Waals surface area contributed by atoms with Crippen LogP contribution in [0, 0.1) is 11.3 Å². The van der Waals surface area contributed by atoms with Crippen molar-refractivity contribution in [3.63, 3.8) is 0 Å². The second-order valence-electron chi connectivity index (χ2n) is 7.57. The molecule has 1 aliphatic heterocycles. The lowest BCUT2D eigenvalue weighted by atomic mass is 9.64. The Morgan fingerprint density at radius 2 is 1.90 bits per heavy atom. The lowest BCUT2D eigenvalue weighted by molar-refractivity contribution is 0.119. The van der Waals surface area contributed by atoms with E-state index in [1.165, 1.54) is 6.42 Å². The van der Waals surface area contributed by atoms with E-state index >= 15 is 0 Å². The van der Waals surface area contributed by atoms with Crippen molar-refractivity contribution in [1.29, 1.82) is 0 Å². The first-order valence-electron chi connectivity index (χ1n) is 7.67. The van der Waals surface area contributed by atoms with Crippen molar-refractivity contribution < 1.29 is 0 Å². The third-order valence-corrected chi connectivity index (χ3v) is 5.29. The molecule has 21 heavy (non-hydrogen) atoms. The van der Waals surface area contributed by atoms with Gasteiger partial charge in [-0.05, 0) is 54.9 Å². The van der Waals surface area contributed by atoms with E-state index in [0.717, 1.165) is 29.5 Å². The fourth-order valence-electron chi connectivity index (χ4n) is 4.60. The predicted molar refractivity (Wildman–Crippen MR) is 92.6 cm³/mol. The van der Waals surface area contributed by atoms with E-state index in [0.29, 0.717) is 17.3 Å². The van der Waals surface area contributed by atoms with Crippen molar-refractivity contribution in [2.75, 3.05) is 11.4 Å². The van der Waals surface area contributed by atoms with E-state index in [4.69, 9.17) is 5.73 Å². The minimum atomic E-state index is 0.0546. The van der Waals surface area contributed by atoms with E-state index in [1.54, 1.807) is 0 Å². The highest BCUT2D eigenvalue weighted by molar-refractivity contribution is 9.10. The molecular weight excluding hydrogens is 326 g/mol. The summed E-state index contributed by atoms with van der Waals surface area (Å²) in [5.74, 6) is 1.37. The average molecular weight is 350 g/mol. The summed E-state index contributed by atoms with van der Waals surface area (Å²) in [6.07, 6.45) is 3.59. The average Bonchev–Trinajstić information content (AvgIpc) is 2.65. The van der Waals surface area contributed by atoms with E-state index in [9.17, 15) is 0 Å². The number of nitrogens with two attached hydrogens (primary N) is 1. The van der Waals surface area contributed by atoms with Crippen LogP contribution in [-0.2, 0) is 0 Å². The van der Waals surface area contributed by atoms with Gasteiger partial charge in [0, 0.05) is 10.2 Å².